The predicted molar refractivity (Wildman–Crippen MR) is 116 cm³/mol. The smallest absolute Gasteiger partial charge is 0.322 e. The van der Waals surface area contributed by atoms with Gasteiger partial charge >= 0.3 is 6.03 Å². The highest BCUT2D eigenvalue weighted by Crippen LogP contribution is 2.33. The minimum Gasteiger partial charge on any atom is -0.347 e. The Morgan fingerprint density at radius 3 is 2.55 bits per heavy atom. The zero-order valence-electron chi connectivity index (χ0n) is 16.0. The van der Waals surface area contributed by atoms with E-state index < -0.39 is 6.04 Å². The number of aromatic nitrogens is 4. The number of nitrogens with zero attached hydrogens (tertiary/aromatic N) is 4. The molecule has 2 aromatic carbocycles. The van der Waals surface area contributed by atoms with Crippen LogP contribution in [0.3, 0.4) is 0 Å². The highest BCUT2D eigenvalue weighted by molar-refractivity contribution is 6.30. The van der Waals surface area contributed by atoms with E-state index in [-0.39, 0.29) is 6.03 Å². The predicted octanol–water partition coefficient (Wildman–Crippen LogP) is 5.10. The number of urea groups is 1. The highest BCUT2D eigenvalue weighted by Gasteiger charge is 2.36. The number of aromatic amines is 1. The summed E-state index contributed by atoms with van der Waals surface area (Å²) in [6.07, 6.45) is 2.07. The van der Waals surface area contributed by atoms with Crippen molar-refractivity contribution in [2.45, 2.75) is 19.0 Å². The summed E-state index contributed by atoms with van der Waals surface area (Å²) in [6, 6.07) is 13.3. The van der Waals surface area contributed by atoms with E-state index in [1.165, 1.54) is 0 Å². The summed E-state index contributed by atoms with van der Waals surface area (Å²) < 4.78 is 5.56. The lowest BCUT2D eigenvalue weighted by molar-refractivity contribution is 0.155. The standard InChI is InChI=1S/C21H16Cl2N6O2/c22-13-3-1-12(2-4-13)19-27-20(31-28-19)18-9-16-17(25-11-24-16)10-29(18)21(30)26-15-7-5-14(23)6-8-15/h1-8,11,18H,9-10H2,(H,24,25)(H,26,30)/t18-/m0/s1. The normalized spacial score (nSPS) is 15.5. The molecule has 10 heteroatoms. The van der Waals surface area contributed by atoms with Gasteiger partial charge in [-0.05, 0) is 48.5 Å². The number of imidazole rings is 1. The van der Waals surface area contributed by atoms with E-state index in [0.717, 1.165) is 17.0 Å². The van der Waals surface area contributed by atoms with Crippen molar-refractivity contribution >= 4 is 34.9 Å². The molecule has 0 fully saturated rings. The van der Waals surface area contributed by atoms with E-state index in [4.69, 9.17) is 27.7 Å². The molecule has 2 amide bonds. The molecule has 0 bridgehead atoms. The van der Waals surface area contributed by atoms with Crippen LogP contribution >= 0.6 is 23.2 Å². The number of halogens is 2. The number of H-pyrrole nitrogens is 1. The van der Waals surface area contributed by atoms with E-state index in [9.17, 15) is 4.79 Å². The van der Waals surface area contributed by atoms with Crippen molar-refractivity contribution in [3.63, 3.8) is 0 Å². The molecule has 2 aromatic heterocycles. The second-order valence-corrected chi connectivity index (χ2v) is 7.95. The summed E-state index contributed by atoms with van der Waals surface area (Å²) in [7, 11) is 0. The minimum absolute atomic E-state index is 0.293. The van der Waals surface area contributed by atoms with E-state index in [0.29, 0.717) is 40.4 Å². The number of hydrogen-bond donors (Lipinski definition) is 2. The zero-order valence-corrected chi connectivity index (χ0v) is 17.6. The Bertz CT molecular complexity index is 1220. The number of nitrogens with one attached hydrogen (secondary N) is 2. The van der Waals surface area contributed by atoms with Gasteiger partial charge in [-0.1, -0.05) is 28.4 Å². The van der Waals surface area contributed by atoms with Crippen LogP contribution < -0.4 is 5.32 Å². The molecule has 1 aliphatic rings. The van der Waals surface area contributed by atoms with Gasteiger partial charge in [-0.25, -0.2) is 9.78 Å². The number of rotatable bonds is 3. The van der Waals surface area contributed by atoms with Crippen LogP contribution in [0.5, 0.6) is 0 Å². The second kappa shape index (κ2) is 8.05. The third-order valence-electron chi connectivity index (χ3n) is 5.08. The van der Waals surface area contributed by atoms with Crippen molar-refractivity contribution in [2.24, 2.45) is 0 Å². The Hall–Kier alpha value is -3.36. The maximum absolute atomic E-state index is 13.1. The number of amides is 2. The van der Waals surface area contributed by atoms with Crippen LogP contribution in [0, 0.1) is 0 Å². The topological polar surface area (TPSA) is 99.9 Å². The molecule has 0 aliphatic carbocycles. The first-order valence-electron chi connectivity index (χ1n) is 9.50. The van der Waals surface area contributed by atoms with Gasteiger partial charge in [0, 0.05) is 27.7 Å². The van der Waals surface area contributed by atoms with Gasteiger partial charge in [0.05, 0.1) is 24.3 Å². The van der Waals surface area contributed by atoms with Crippen LogP contribution in [0.2, 0.25) is 10.0 Å². The minimum atomic E-state index is -0.461. The number of fused-ring (bicyclic) bond motifs is 1. The maximum atomic E-state index is 13.1. The molecule has 1 aliphatic heterocycles. The first-order valence-corrected chi connectivity index (χ1v) is 10.3. The van der Waals surface area contributed by atoms with Gasteiger partial charge in [0.15, 0.2) is 0 Å². The van der Waals surface area contributed by atoms with E-state index in [1.54, 1.807) is 47.6 Å². The molecule has 31 heavy (non-hydrogen) atoms. The lowest BCUT2D eigenvalue weighted by Crippen LogP contribution is -2.41. The number of hydrogen-bond acceptors (Lipinski definition) is 5. The van der Waals surface area contributed by atoms with Gasteiger partial charge in [0.2, 0.25) is 11.7 Å². The highest BCUT2D eigenvalue weighted by atomic mass is 35.5. The third kappa shape index (κ3) is 3.99. The van der Waals surface area contributed by atoms with Gasteiger partial charge in [-0.3, -0.25) is 0 Å². The fourth-order valence-corrected chi connectivity index (χ4v) is 3.74. The summed E-state index contributed by atoms with van der Waals surface area (Å²) in [4.78, 5) is 26.8. The molecule has 4 aromatic rings. The first kappa shape index (κ1) is 19.6. The molecule has 0 spiro atoms. The zero-order chi connectivity index (χ0) is 21.4. The van der Waals surface area contributed by atoms with Gasteiger partial charge in [-0.15, -0.1) is 0 Å². The lowest BCUT2D eigenvalue weighted by Gasteiger charge is -2.32. The maximum Gasteiger partial charge on any atom is 0.322 e. The summed E-state index contributed by atoms with van der Waals surface area (Å²) in [5.41, 5.74) is 3.15. The van der Waals surface area contributed by atoms with Crippen LogP contribution in [0.4, 0.5) is 10.5 Å². The van der Waals surface area contributed by atoms with Gasteiger partial charge in [0.1, 0.15) is 6.04 Å². The van der Waals surface area contributed by atoms with Crippen molar-refractivity contribution in [2.75, 3.05) is 5.32 Å². The van der Waals surface area contributed by atoms with Crippen molar-refractivity contribution < 1.29 is 9.32 Å². The summed E-state index contributed by atoms with van der Waals surface area (Å²) in [6.45, 7) is 0.331. The van der Waals surface area contributed by atoms with E-state index in [2.05, 4.69) is 25.4 Å². The van der Waals surface area contributed by atoms with Crippen LogP contribution in [0.15, 0.2) is 59.4 Å². The van der Waals surface area contributed by atoms with Gasteiger partial charge < -0.3 is 19.7 Å². The molecule has 3 heterocycles. The summed E-state index contributed by atoms with van der Waals surface area (Å²) in [5.74, 6) is 0.766. The fraction of sp³-hybridized carbons (Fsp3) is 0.143. The fourth-order valence-electron chi connectivity index (χ4n) is 3.49. The van der Waals surface area contributed by atoms with Crippen molar-refractivity contribution in [1.82, 2.24) is 25.0 Å². The molecule has 0 saturated carbocycles. The van der Waals surface area contributed by atoms with Crippen molar-refractivity contribution in [3.8, 4) is 11.4 Å². The monoisotopic (exact) mass is 454 g/mol. The van der Waals surface area contributed by atoms with Gasteiger partial charge in [0.25, 0.3) is 0 Å². The average molecular weight is 455 g/mol. The van der Waals surface area contributed by atoms with E-state index in [1.807, 2.05) is 12.1 Å². The molecule has 0 radical (unpaired) electrons. The SMILES string of the molecule is O=C(Nc1ccc(Cl)cc1)N1Cc2[nH]cnc2C[C@H]1c1nc(-c2ccc(Cl)cc2)no1. The Kier molecular flexibility index (Phi) is 5.09. The third-order valence-corrected chi connectivity index (χ3v) is 5.59. The van der Waals surface area contributed by atoms with Crippen molar-refractivity contribution in [1.29, 1.82) is 0 Å². The van der Waals surface area contributed by atoms with Crippen molar-refractivity contribution in [3.05, 3.63) is 82.2 Å². The number of carbonyl (C=O) groups is 1. The lowest BCUT2D eigenvalue weighted by atomic mass is 10.0. The largest absolute Gasteiger partial charge is 0.347 e. The first-order chi connectivity index (χ1) is 15.1. The van der Waals surface area contributed by atoms with Crippen LogP contribution in [0.25, 0.3) is 11.4 Å². The molecule has 5 rings (SSSR count). The molecule has 0 unspecified atom stereocenters. The second-order valence-electron chi connectivity index (χ2n) is 7.08. The molecule has 156 valence electrons. The van der Waals surface area contributed by atoms with Crippen LogP contribution in [0.1, 0.15) is 23.3 Å². The Labute approximate surface area is 187 Å². The summed E-state index contributed by atoms with van der Waals surface area (Å²) >= 11 is 11.9. The number of benzene rings is 2. The Morgan fingerprint density at radius 1 is 1.10 bits per heavy atom. The molecule has 8 nitrogen and oxygen atoms in total. The molecular formula is C21H16Cl2N6O2. The van der Waals surface area contributed by atoms with Gasteiger partial charge in [-0.2, -0.15) is 4.98 Å². The summed E-state index contributed by atoms with van der Waals surface area (Å²) in [5, 5.41) is 8.20. The van der Waals surface area contributed by atoms with E-state index >= 15 is 0 Å². The molecular weight excluding hydrogens is 439 g/mol. The van der Waals surface area contributed by atoms with Crippen LogP contribution in [-0.2, 0) is 13.0 Å². The molecule has 2 N–H and O–H groups in total. The number of anilines is 1. The molecule has 0 saturated heterocycles. The quantitative estimate of drug-likeness (QED) is 0.448. The van der Waals surface area contributed by atoms with Crippen LogP contribution in [-0.4, -0.2) is 31.0 Å². The molecule has 1 atom stereocenters. The average Bonchev–Trinajstić information content (AvgIpc) is 3.44. The number of carbonyl (C=O) groups excluding carboxylic acids is 1. The Balaban J connectivity index is 1.44. The Morgan fingerprint density at radius 2 is 1.81 bits per heavy atom.